The van der Waals surface area contributed by atoms with E-state index in [2.05, 4.69) is 65.1 Å². The molecule has 2 nitrogen and oxygen atoms in total. The van der Waals surface area contributed by atoms with Gasteiger partial charge in [0, 0.05) is 29.3 Å². The summed E-state index contributed by atoms with van der Waals surface area (Å²) in [4.78, 5) is 2.56. The van der Waals surface area contributed by atoms with Crippen molar-refractivity contribution in [1.29, 1.82) is 0 Å². The van der Waals surface area contributed by atoms with Gasteiger partial charge in [-0.1, -0.05) is 29.8 Å². The van der Waals surface area contributed by atoms with Gasteiger partial charge in [0.05, 0.1) is 0 Å². The van der Waals surface area contributed by atoms with Gasteiger partial charge in [-0.05, 0) is 56.0 Å². The van der Waals surface area contributed by atoms with Crippen LogP contribution in [0.5, 0.6) is 0 Å². The maximum atomic E-state index is 3.60. The molecular formula is C16H25BrN2. The van der Waals surface area contributed by atoms with Crippen molar-refractivity contribution < 1.29 is 0 Å². The van der Waals surface area contributed by atoms with Crippen molar-refractivity contribution in [1.82, 2.24) is 5.32 Å². The topological polar surface area (TPSA) is 15.3 Å². The monoisotopic (exact) mass is 324 g/mol. The van der Waals surface area contributed by atoms with E-state index in [0.717, 1.165) is 16.3 Å². The Kier molecular flexibility index (Phi) is 4.91. The molecule has 0 aromatic heterocycles. The van der Waals surface area contributed by atoms with E-state index >= 15 is 0 Å². The molecule has 0 bridgehead atoms. The number of benzene rings is 1. The van der Waals surface area contributed by atoms with Gasteiger partial charge in [-0.3, -0.25) is 0 Å². The fraction of sp³-hybridized carbons (Fsp3) is 0.625. The fourth-order valence-electron chi connectivity index (χ4n) is 3.18. The van der Waals surface area contributed by atoms with Crippen LogP contribution < -0.4 is 10.2 Å². The Bertz CT molecular complexity index is 423. The maximum Gasteiger partial charge on any atom is 0.0415 e. The van der Waals surface area contributed by atoms with Gasteiger partial charge in [0.25, 0.3) is 0 Å². The van der Waals surface area contributed by atoms with E-state index in [1.807, 2.05) is 7.05 Å². The van der Waals surface area contributed by atoms with Crippen LogP contribution in [-0.4, -0.2) is 20.1 Å². The number of hydrogen-bond donors (Lipinski definition) is 1. The van der Waals surface area contributed by atoms with Gasteiger partial charge in [-0.15, -0.1) is 0 Å². The Morgan fingerprint density at radius 1 is 1.26 bits per heavy atom. The van der Waals surface area contributed by atoms with Crippen LogP contribution >= 0.6 is 15.9 Å². The van der Waals surface area contributed by atoms with Crippen molar-refractivity contribution in [2.75, 3.05) is 25.0 Å². The molecule has 106 valence electrons. The largest absolute Gasteiger partial charge is 0.371 e. The van der Waals surface area contributed by atoms with Gasteiger partial charge in [0.2, 0.25) is 0 Å². The van der Waals surface area contributed by atoms with Crippen LogP contribution in [0.15, 0.2) is 22.7 Å². The summed E-state index contributed by atoms with van der Waals surface area (Å²) < 4.78 is 1.16. The van der Waals surface area contributed by atoms with Gasteiger partial charge in [0.1, 0.15) is 0 Å². The van der Waals surface area contributed by atoms with Crippen LogP contribution in [0, 0.1) is 11.8 Å². The third kappa shape index (κ3) is 3.51. The summed E-state index contributed by atoms with van der Waals surface area (Å²) >= 11 is 3.60. The van der Waals surface area contributed by atoms with E-state index in [0.29, 0.717) is 6.04 Å². The second-order valence-electron chi connectivity index (χ2n) is 6.06. The molecule has 0 aliphatic carbocycles. The molecule has 1 fully saturated rings. The molecule has 1 aromatic carbocycles. The second kappa shape index (κ2) is 6.27. The molecule has 1 aliphatic rings. The lowest BCUT2D eigenvalue weighted by atomic mass is 9.90. The van der Waals surface area contributed by atoms with Crippen molar-refractivity contribution in [3.8, 4) is 0 Å². The molecule has 3 unspecified atom stereocenters. The van der Waals surface area contributed by atoms with Crippen LogP contribution in [0.25, 0.3) is 0 Å². The first-order valence-corrected chi connectivity index (χ1v) is 8.02. The highest BCUT2D eigenvalue weighted by Crippen LogP contribution is 2.33. The summed E-state index contributed by atoms with van der Waals surface area (Å²) in [6.45, 7) is 9.30. The van der Waals surface area contributed by atoms with E-state index in [1.165, 1.54) is 30.8 Å². The zero-order valence-corrected chi connectivity index (χ0v) is 14.0. The fourth-order valence-corrected chi connectivity index (χ4v) is 3.55. The third-order valence-corrected chi connectivity index (χ3v) is 4.59. The smallest absolute Gasteiger partial charge is 0.0415 e. The summed E-state index contributed by atoms with van der Waals surface area (Å²) in [5.41, 5.74) is 2.78. The average molecular weight is 325 g/mol. The highest BCUT2D eigenvalue weighted by Gasteiger charge is 2.24. The molecule has 3 heteroatoms. The number of nitrogens with zero attached hydrogens (tertiary/aromatic N) is 1. The molecule has 0 spiro atoms. The molecule has 1 aromatic rings. The SMILES string of the molecule is CNC(C)c1cc(Br)ccc1N1CC(C)CC(C)C1. The molecule has 0 saturated carbocycles. The van der Waals surface area contributed by atoms with Crippen LogP contribution in [-0.2, 0) is 0 Å². The van der Waals surface area contributed by atoms with Crippen molar-refractivity contribution >= 4 is 21.6 Å². The van der Waals surface area contributed by atoms with Gasteiger partial charge in [-0.25, -0.2) is 0 Å². The molecule has 1 N–H and O–H groups in total. The van der Waals surface area contributed by atoms with Gasteiger partial charge in [0.15, 0.2) is 0 Å². The number of anilines is 1. The predicted molar refractivity (Wildman–Crippen MR) is 86.8 cm³/mol. The first-order valence-electron chi connectivity index (χ1n) is 7.23. The van der Waals surface area contributed by atoms with Crippen LogP contribution in [0.3, 0.4) is 0 Å². The minimum absolute atomic E-state index is 0.375. The summed E-state index contributed by atoms with van der Waals surface area (Å²) in [5, 5.41) is 3.36. The highest BCUT2D eigenvalue weighted by atomic mass is 79.9. The van der Waals surface area contributed by atoms with Crippen molar-refractivity contribution in [3.63, 3.8) is 0 Å². The normalized spacial score (nSPS) is 25.4. The van der Waals surface area contributed by atoms with E-state index in [1.54, 1.807) is 0 Å². The summed E-state index contributed by atoms with van der Waals surface area (Å²) in [7, 11) is 2.02. The molecule has 1 saturated heterocycles. The van der Waals surface area contributed by atoms with Gasteiger partial charge >= 0.3 is 0 Å². The predicted octanol–water partition coefficient (Wildman–Crippen LogP) is 4.21. The Morgan fingerprint density at radius 3 is 2.47 bits per heavy atom. The van der Waals surface area contributed by atoms with E-state index in [9.17, 15) is 0 Å². The Morgan fingerprint density at radius 2 is 1.89 bits per heavy atom. The molecule has 0 radical (unpaired) electrons. The first-order chi connectivity index (χ1) is 9.01. The molecular weight excluding hydrogens is 300 g/mol. The minimum Gasteiger partial charge on any atom is -0.371 e. The standard InChI is InChI=1S/C16H25BrN2/c1-11-7-12(2)10-19(9-11)16-6-5-14(17)8-15(16)13(3)18-4/h5-6,8,11-13,18H,7,9-10H2,1-4H3. The van der Waals surface area contributed by atoms with Crippen molar-refractivity contribution in [2.45, 2.75) is 33.2 Å². The van der Waals surface area contributed by atoms with Crippen LogP contribution in [0.4, 0.5) is 5.69 Å². The molecule has 0 amide bonds. The van der Waals surface area contributed by atoms with E-state index < -0.39 is 0 Å². The molecule has 1 aliphatic heterocycles. The zero-order chi connectivity index (χ0) is 14.0. The van der Waals surface area contributed by atoms with Crippen molar-refractivity contribution in [3.05, 3.63) is 28.2 Å². The third-order valence-electron chi connectivity index (χ3n) is 4.10. The summed E-state index contributed by atoms with van der Waals surface area (Å²) in [5.74, 6) is 1.57. The lowest BCUT2D eigenvalue weighted by molar-refractivity contribution is 0.356. The quantitative estimate of drug-likeness (QED) is 0.895. The number of piperidine rings is 1. The summed E-state index contributed by atoms with van der Waals surface area (Å²) in [6.07, 6.45) is 1.35. The maximum absolute atomic E-state index is 3.60. The molecule has 3 atom stereocenters. The van der Waals surface area contributed by atoms with Crippen molar-refractivity contribution in [2.24, 2.45) is 11.8 Å². The minimum atomic E-state index is 0.375. The average Bonchev–Trinajstić information content (AvgIpc) is 2.36. The lowest BCUT2D eigenvalue weighted by Crippen LogP contribution is -2.39. The van der Waals surface area contributed by atoms with Crippen LogP contribution in [0.1, 0.15) is 38.8 Å². The highest BCUT2D eigenvalue weighted by molar-refractivity contribution is 9.10. The Balaban J connectivity index is 2.32. The second-order valence-corrected chi connectivity index (χ2v) is 6.98. The Labute approximate surface area is 125 Å². The lowest BCUT2D eigenvalue weighted by Gasteiger charge is -2.38. The Hall–Kier alpha value is -0.540. The molecule has 1 heterocycles. The molecule has 19 heavy (non-hydrogen) atoms. The van der Waals surface area contributed by atoms with Gasteiger partial charge < -0.3 is 10.2 Å². The summed E-state index contributed by atoms with van der Waals surface area (Å²) in [6, 6.07) is 7.05. The van der Waals surface area contributed by atoms with E-state index in [4.69, 9.17) is 0 Å². The van der Waals surface area contributed by atoms with E-state index in [-0.39, 0.29) is 0 Å². The zero-order valence-electron chi connectivity index (χ0n) is 12.4. The van der Waals surface area contributed by atoms with Gasteiger partial charge in [-0.2, -0.15) is 0 Å². The number of rotatable bonds is 3. The number of nitrogens with one attached hydrogen (secondary N) is 1. The van der Waals surface area contributed by atoms with Crippen LogP contribution in [0.2, 0.25) is 0 Å². The number of halogens is 1. The first kappa shape index (κ1) is 14.9. The number of hydrogen-bond acceptors (Lipinski definition) is 2. The molecule has 2 rings (SSSR count).